The van der Waals surface area contributed by atoms with Gasteiger partial charge in [0.15, 0.2) is 0 Å². The Bertz CT molecular complexity index is 446. The maximum absolute atomic E-state index is 12.0. The lowest BCUT2D eigenvalue weighted by atomic mass is 10.1. The number of carbonyl (C=O) groups is 1. The minimum atomic E-state index is -0.611. The lowest BCUT2D eigenvalue weighted by Gasteiger charge is -2.26. The Morgan fingerprint density at radius 1 is 1.50 bits per heavy atom. The summed E-state index contributed by atoms with van der Waals surface area (Å²) in [7, 11) is 0. The van der Waals surface area contributed by atoms with Gasteiger partial charge < -0.3 is 9.47 Å². The molecule has 0 saturated carbocycles. The van der Waals surface area contributed by atoms with Crippen molar-refractivity contribution in [3.8, 4) is 0 Å². The monoisotopic (exact) mass is 275 g/mol. The standard InChI is InChI=1S/C16H21NO3/c1-3-5-11-17-14(13-9-7-6-8-10-13)12-20-15(17)16(18)19-4-2/h3,6-10,14-15H,1,4-5,11-12H2,2H3. The third kappa shape index (κ3) is 3.26. The molecule has 4 nitrogen and oxygen atoms in total. The molecule has 4 heteroatoms. The van der Waals surface area contributed by atoms with Crippen LogP contribution in [0.15, 0.2) is 43.0 Å². The molecular formula is C16H21NO3. The first-order chi connectivity index (χ1) is 9.77. The highest BCUT2D eigenvalue weighted by Gasteiger charge is 2.39. The molecule has 1 aliphatic rings. The summed E-state index contributed by atoms with van der Waals surface area (Å²) in [6.45, 7) is 7.14. The predicted octanol–water partition coefficient (Wildman–Crippen LogP) is 2.53. The van der Waals surface area contributed by atoms with Gasteiger partial charge in [0.25, 0.3) is 0 Å². The molecule has 2 atom stereocenters. The van der Waals surface area contributed by atoms with Crippen LogP contribution in [0.5, 0.6) is 0 Å². The van der Waals surface area contributed by atoms with Crippen molar-refractivity contribution in [2.45, 2.75) is 25.6 Å². The van der Waals surface area contributed by atoms with Crippen LogP contribution in [0, 0.1) is 0 Å². The summed E-state index contributed by atoms with van der Waals surface area (Å²) in [5.41, 5.74) is 1.16. The maximum atomic E-state index is 12.0. The quantitative estimate of drug-likeness (QED) is 0.591. The fourth-order valence-electron chi connectivity index (χ4n) is 2.43. The number of hydrogen-bond donors (Lipinski definition) is 0. The smallest absolute Gasteiger partial charge is 0.350 e. The first-order valence-electron chi connectivity index (χ1n) is 6.97. The lowest BCUT2D eigenvalue weighted by molar-refractivity contribution is -0.161. The van der Waals surface area contributed by atoms with Crippen LogP contribution in [0.1, 0.15) is 24.9 Å². The Balaban J connectivity index is 2.16. The van der Waals surface area contributed by atoms with Gasteiger partial charge in [0.05, 0.1) is 19.3 Å². The van der Waals surface area contributed by atoms with E-state index in [9.17, 15) is 4.79 Å². The van der Waals surface area contributed by atoms with Crippen molar-refractivity contribution < 1.29 is 14.3 Å². The largest absolute Gasteiger partial charge is 0.463 e. The highest BCUT2D eigenvalue weighted by atomic mass is 16.6. The van der Waals surface area contributed by atoms with Gasteiger partial charge in [-0.1, -0.05) is 36.4 Å². The SMILES string of the molecule is C=CCCN1C(C(=O)OCC)OCC1c1ccccc1. The number of ether oxygens (including phenoxy) is 2. The molecule has 2 unspecified atom stereocenters. The Morgan fingerprint density at radius 2 is 2.25 bits per heavy atom. The molecule has 0 N–H and O–H groups in total. The molecule has 1 saturated heterocycles. The summed E-state index contributed by atoms with van der Waals surface area (Å²) >= 11 is 0. The van der Waals surface area contributed by atoms with Crippen LogP contribution < -0.4 is 0 Å². The summed E-state index contributed by atoms with van der Waals surface area (Å²) in [4.78, 5) is 14.0. The van der Waals surface area contributed by atoms with Gasteiger partial charge in [0.1, 0.15) is 0 Å². The summed E-state index contributed by atoms with van der Waals surface area (Å²) < 4.78 is 10.7. The van der Waals surface area contributed by atoms with Gasteiger partial charge >= 0.3 is 5.97 Å². The molecule has 0 bridgehead atoms. The number of rotatable bonds is 6. The maximum Gasteiger partial charge on any atom is 0.350 e. The molecule has 0 radical (unpaired) electrons. The van der Waals surface area contributed by atoms with E-state index in [1.165, 1.54) is 0 Å². The molecule has 1 heterocycles. The Kier molecular flexibility index (Phi) is 5.32. The number of nitrogens with zero attached hydrogens (tertiary/aromatic N) is 1. The topological polar surface area (TPSA) is 38.8 Å². The highest BCUT2D eigenvalue weighted by molar-refractivity contribution is 5.74. The molecule has 2 rings (SSSR count). The van der Waals surface area contributed by atoms with Crippen LogP contribution in [0.3, 0.4) is 0 Å². The minimum Gasteiger partial charge on any atom is -0.463 e. The van der Waals surface area contributed by atoms with Gasteiger partial charge in [-0.15, -0.1) is 6.58 Å². The third-order valence-electron chi connectivity index (χ3n) is 3.38. The van der Waals surface area contributed by atoms with Crippen LogP contribution in [0.25, 0.3) is 0 Å². The normalized spacial score (nSPS) is 22.6. The van der Waals surface area contributed by atoms with Crippen LogP contribution >= 0.6 is 0 Å². The number of hydrogen-bond acceptors (Lipinski definition) is 4. The average Bonchev–Trinajstić information content (AvgIpc) is 2.90. The van der Waals surface area contributed by atoms with Crippen molar-refractivity contribution in [1.29, 1.82) is 0 Å². The summed E-state index contributed by atoms with van der Waals surface area (Å²) in [6, 6.07) is 10.2. The van der Waals surface area contributed by atoms with E-state index in [0.717, 1.165) is 18.5 Å². The Labute approximate surface area is 120 Å². The molecule has 0 amide bonds. The van der Waals surface area contributed by atoms with Crippen LogP contribution in [-0.4, -0.2) is 36.9 Å². The molecule has 0 spiro atoms. The molecule has 1 aliphatic heterocycles. The molecule has 20 heavy (non-hydrogen) atoms. The van der Waals surface area contributed by atoms with E-state index in [2.05, 4.69) is 23.6 Å². The zero-order valence-corrected chi connectivity index (χ0v) is 11.8. The first-order valence-corrected chi connectivity index (χ1v) is 6.97. The lowest BCUT2D eigenvalue weighted by Crippen LogP contribution is -2.39. The highest BCUT2D eigenvalue weighted by Crippen LogP contribution is 2.30. The molecule has 0 aromatic heterocycles. The fraction of sp³-hybridized carbons (Fsp3) is 0.438. The van der Waals surface area contributed by atoms with E-state index in [0.29, 0.717) is 13.2 Å². The van der Waals surface area contributed by atoms with Gasteiger partial charge in [-0.25, -0.2) is 4.79 Å². The van der Waals surface area contributed by atoms with Gasteiger partial charge in [0.2, 0.25) is 6.23 Å². The van der Waals surface area contributed by atoms with Crippen molar-refractivity contribution in [3.05, 3.63) is 48.6 Å². The summed E-state index contributed by atoms with van der Waals surface area (Å²) in [5, 5.41) is 0. The second-order valence-electron chi connectivity index (χ2n) is 4.68. The van der Waals surface area contributed by atoms with E-state index in [4.69, 9.17) is 9.47 Å². The van der Waals surface area contributed by atoms with E-state index in [1.54, 1.807) is 6.92 Å². The average molecular weight is 275 g/mol. The van der Waals surface area contributed by atoms with E-state index in [-0.39, 0.29) is 12.0 Å². The molecular weight excluding hydrogens is 254 g/mol. The zero-order valence-electron chi connectivity index (χ0n) is 11.8. The summed E-state index contributed by atoms with van der Waals surface area (Å²) in [6.07, 6.45) is 2.05. The van der Waals surface area contributed by atoms with Gasteiger partial charge in [-0.05, 0) is 18.9 Å². The third-order valence-corrected chi connectivity index (χ3v) is 3.38. The number of esters is 1. The Morgan fingerprint density at radius 3 is 2.90 bits per heavy atom. The van der Waals surface area contributed by atoms with E-state index in [1.807, 2.05) is 24.3 Å². The van der Waals surface area contributed by atoms with E-state index < -0.39 is 6.23 Å². The van der Waals surface area contributed by atoms with Crippen LogP contribution in [0.2, 0.25) is 0 Å². The van der Waals surface area contributed by atoms with Gasteiger partial charge in [0, 0.05) is 6.54 Å². The fourth-order valence-corrected chi connectivity index (χ4v) is 2.43. The molecule has 1 aromatic rings. The number of benzene rings is 1. The molecule has 1 fully saturated rings. The second kappa shape index (κ2) is 7.22. The van der Waals surface area contributed by atoms with Crippen molar-refractivity contribution in [3.63, 3.8) is 0 Å². The Hall–Kier alpha value is -1.65. The van der Waals surface area contributed by atoms with Crippen LogP contribution in [-0.2, 0) is 14.3 Å². The van der Waals surface area contributed by atoms with Crippen molar-refractivity contribution >= 4 is 5.97 Å². The van der Waals surface area contributed by atoms with E-state index >= 15 is 0 Å². The van der Waals surface area contributed by atoms with Gasteiger partial charge in [-0.3, -0.25) is 4.90 Å². The van der Waals surface area contributed by atoms with Crippen molar-refractivity contribution in [2.24, 2.45) is 0 Å². The van der Waals surface area contributed by atoms with Crippen molar-refractivity contribution in [2.75, 3.05) is 19.8 Å². The van der Waals surface area contributed by atoms with Crippen molar-refractivity contribution in [1.82, 2.24) is 4.90 Å². The first kappa shape index (κ1) is 14.8. The zero-order chi connectivity index (χ0) is 14.4. The van der Waals surface area contributed by atoms with Crippen LogP contribution in [0.4, 0.5) is 0 Å². The second-order valence-corrected chi connectivity index (χ2v) is 4.68. The predicted molar refractivity (Wildman–Crippen MR) is 77.1 cm³/mol. The summed E-state index contributed by atoms with van der Waals surface area (Å²) in [5.74, 6) is -0.310. The molecule has 0 aliphatic carbocycles. The number of carbonyl (C=O) groups excluding carboxylic acids is 1. The molecule has 108 valence electrons. The van der Waals surface area contributed by atoms with Gasteiger partial charge in [-0.2, -0.15) is 0 Å². The molecule has 1 aromatic carbocycles. The minimum absolute atomic E-state index is 0.0885.